The number of carbonyl (C=O) groups excluding carboxylic acids is 3. The number of carbonyl (C=O) groups is 3. The minimum atomic E-state index is -5.77. The number of ether oxygens (including phenoxy) is 2. The summed E-state index contributed by atoms with van der Waals surface area (Å²) < 4.78 is 52.1. The van der Waals surface area contributed by atoms with Crippen molar-refractivity contribution in [2.45, 2.75) is 178 Å². The topological polar surface area (TPSA) is 293 Å². The molecule has 2 rings (SSSR count). The molecule has 0 amide bonds. The minimum Gasteiger partial charge on any atom is -0.462 e. The van der Waals surface area contributed by atoms with Gasteiger partial charge in [0.1, 0.15) is 31.0 Å². The molecule has 2 bridgehead atoms. The first-order valence-corrected chi connectivity index (χ1v) is 27.9. The summed E-state index contributed by atoms with van der Waals surface area (Å²) in [5, 5.41) is 56.6. The summed E-state index contributed by atoms with van der Waals surface area (Å²) in [6.07, 6.45) is 21.7. The van der Waals surface area contributed by atoms with Crippen molar-refractivity contribution in [2.24, 2.45) is 11.8 Å². The fraction of sp³-hybridized carbons (Fsp3) is 0.627. The highest BCUT2D eigenvalue weighted by Crippen LogP contribution is 2.49. The molecule has 0 fully saturated rings. The van der Waals surface area contributed by atoms with E-state index < -0.39 is 107 Å². The van der Waals surface area contributed by atoms with Gasteiger partial charge in [0.05, 0.1) is 30.8 Å². The van der Waals surface area contributed by atoms with Gasteiger partial charge in [0, 0.05) is 18.8 Å². The molecule has 0 aromatic rings. The van der Waals surface area contributed by atoms with Crippen LogP contribution in [0.1, 0.15) is 129 Å². The molecule has 71 heavy (non-hydrogen) atoms. The maximum Gasteiger partial charge on any atom is 0.472 e. The number of cyclic esters (lactones) is 1. The Morgan fingerprint density at radius 1 is 0.817 bits per heavy atom. The fourth-order valence-corrected chi connectivity index (χ4v) is 8.91. The lowest BCUT2D eigenvalue weighted by molar-refractivity contribution is -0.163. The van der Waals surface area contributed by atoms with E-state index in [1.807, 2.05) is 25.2 Å². The lowest BCUT2D eigenvalue weighted by Gasteiger charge is -2.38. The molecular weight excluding hydrogens is 962 g/mol. The van der Waals surface area contributed by atoms with Crippen molar-refractivity contribution in [2.75, 3.05) is 13.2 Å². The number of rotatable bonds is 24. The predicted octanol–water partition coefficient (Wildman–Crippen LogP) is 7.57. The van der Waals surface area contributed by atoms with Crippen LogP contribution in [0, 0.1) is 11.8 Å². The molecule has 20 heteroatoms. The lowest BCUT2D eigenvalue weighted by atomic mass is 9.87. The number of unbranched alkanes of at least 4 members (excludes halogenated alkanes) is 5. The van der Waals surface area contributed by atoms with E-state index in [0.717, 1.165) is 50.7 Å². The van der Waals surface area contributed by atoms with Crippen LogP contribution in [-0.2, 0) is 46.6 Å². The third-order valence-electron chi connectivity index (χ3n) is 11.4. The first-order valence-electron chi connectivity index (χ1n) is 24.8. The van der Waals surface area contributed by atoms with Gasteiger partial charge in [-0.2, -0.15) is 0 Å². The molecule has 0 aromatic heterocycles. The number of phosphoric ester groups is 2. The Balaban J connectivity index is 2.29. The SMILES string of the molecule is CCCCC/C=C\C/C=C\C/C=C\C/C=C\C/C=C\CCC(=O)O[C@@H]1COC(=O)CCC/C=C\C[C@H]2/C=C\C(=O)[C@H](/C=C/[C@@H](O)CCCCC)[C@@H](O)[C@@H](OP(=O)(O)O)[C@@H](OP(=O)(O)OC1)[C@H](O)[C@@H](O)[C@@H]2O. The minimum absolute atomic E-state index is 0.0812. The van der Waals surface area contributed by atoms with Crippen LogP contribution in [0.4, 0.5) is 0 Å². The number of esters is 2. The summed E-state index contributed by atoms with van der Waals surface area (Å²) in [5.41, 5.74) is 0. The standard InChI is InChI=1S/C51H80O18P2/c1-3-5-7-8-9-10-11-12-13-14-15-16-17-18-19-20-21-22-28-32-45(55)67-41-37-65-44(54)31-27-24-23-26-29-39-33-36-43(53)42(35-34-40(52)30-25-6-4-2)47(57)50(68-70(60,61)62)51(49(59)48(58)46(39)56)69-71(63,64)66-38-41/h9-10,12-13,15-16,18-19,21-23,26,33-36,39-42,46-52,56-59H,3-8,11,14,17,20,24-25,27-32,37-38H2,1-2H3,(H,63,64)(H2,60,61,62)/b10-9-,13-12-,16-15-,19-18-,22-21-,26-23-,35-34+,36-33-/t39-,40-,41+,42-,46+,47+,48-,49+,50+,51-/m0/s1. The third-order valence-corrected chi connectivity index (χ3v) is 12.9. The summed E-state index contributed by atoms with van der Waals surface area (Å²) >= 11 is 0. The van der Waals surface area contributed by atoms with Gasteiger partial charge in [-0.3, -0.25) is 28.0 Å². The van der Waals surface area contributed by atoms with E-state index in [-0.39, 0.29) is 38.5 Å². The second-order valence-electron chi connectivity index (χ2n) is 17.5. The zero-order valence-corrected chi connectivity index (χ0v) is 43.0. The lowest BCUT2D eigenvalue weighted by Crippen LogP contribution is -2.56. The van der Waals surface area contributed by atoms with Crippen LogP contribution in [-0.4, -0.2) is 120 Å². The molecule has 2 aliphatic rings. The number of fused-ring (bicyclic) bond motifs is 4. The summed E-state index contributed by atoms with van der Waals surface area (Å²) in [7, 11) is -11.5. The van der Waals surface area contributed by atoms with Gasteiger partial charge in [-0.15, -0.1) is 0 Å². The van der Waals surface area contributed by atoms with Gasteiger partial charge < -0.3 is 49.7 Å². The molecule has 1 heterocycles. The van der Waals surface area contributed by atoms with E-state index in [1.165, 1.54) is 31.4 Å². The molecule has 8 N–H and O–H groups in total. The van der Waals surface area contributed by atoms with Crippen molar-refractivity contribution in [3.05, 3.63) is 97.2 Å². The molecule has 1 aliphatic carbocycles. The van der Waals surface area contributed by atoms with Gasteiger partial charge in [-0.1, -0.05) is 137 Å². The number of aliphatic hydroxyl groups is 5. The Hall–Kier alpha value is -3.45. The van der Waals surface area contributed by atoms with Crippen LogP contribution in [0.3, 0.4) is 0 Å². The van der Waals surface area contributed by atoms with Crippen molar-refractivity contribution in [1.82, 2.24) is 0 Å². The van der Waals surface area contributed by atoms with Gasteiger partial charge in [-0.25, -0.2) is 9.13 Å². The van der Waals surface area contributed by atoms with Gasteiger partial charge in [0.25, 0.3) is 0 Å². The molecule has 0 radical (unpaired) electrons. The molecule has 0 saturated heterocycles. The normalized spacial score (nSPS) is 29.7. The Morgan fingerprint density at radius 3 is 2.04 bits per heavy atom. The van der Waals surface area contributed by atoms with Crippen molar-refractivity contribution in [3.8, 4) is 0 Å². The van der Waals surface area contributed by atoms with Crippen molar-refractivity contribution in [3.63, 3.8) is 0 Å². The first kappa shape index (κ1) is 63.7. The van der Waals surface area contributed by atoms with E-state index in [1.54, 1.807) is 18.2 Å². The van der Waals surface area contributed by atoms with Crippen LogP contribution >= 0.6 is 15.6 Å². The largest absolute Gasteiger partial charge is 0.472 e. The van der Waals surface area contributed by atoms with E-state index in [2.05, 4.69) is 43.4 Å². The highest BCUT2D eigenvalue weighted by atomic mass is 31.2. The molecular formula is C51H80O18P2. The maximum atomic E-state index is 13.8. The molecule has 1 unspecified atom stereocenters. The smallest absolute Gasteiger partial charge is 0.462 e. The first-order chi connectivity index (χ1) is 33.9. The summed E-state index contributed by atoms with van der Waals surface area (Å²) in [6.45, 7) is 2.51. The van der Waals surface area contributed by atoms with E-state index in [0.29, 0.717) is 19.3 Å². The Morgan fingerprint density at radius 2 is 1.42 bits per heavy atom. The van der Waals surface area contributed by atoms with Crippen LogP contribution in [0.15, 0.2) is 97.2 Å². The van der Waals surface area contributed by atoms with Gasteiger partial charge in [-0.05, 0) is 76.7 Å². The van der Waals surface area contributed by atoms with E-state index in [4.69, 9.17) is 23.0 Å². The summed E-state index contributed by atoms with van der Waals surface area (Å²) in [6, 6.07) is 0. The fourth-order valence-electron chi connectivity index (χ4n) is 7.38. The molecule has 11 atom stereocenters. The zero-order valence-electron chi connectivity index (χ0n) is 41.2. The van der Waals surface area contributed by atoms with Gasteiger partial charge >= 0.3 is 27.6 Å². The van der Waals surface area contributed by atoms with Crippen LogP contribution in [0.25, 0.3) is 0 Å². The van der Waals surface area contributed by atoms with Gasteiger partial charge in [0.15, 0.2) is 11.9 Å². The Labute approximate surface area is 419 Å². The Bertz CT molecular complexity index is 1880. The summed E-state index contributed by atoms with van der Waals surface area (Å²) in [4.78, 5) is 70.4. The highest BCUT2D eigenvalue weighted by Gasteiger charge is 2.50. The van der Waals surface area contributed by atoms with Crippen LogP contribution in [0.2, 0.25) is 0 Å². The molecule has 0 spiro atoms. The third kappa shape index (κ3) is 28.6. The summed E-state index contributed by atoms with van der Waals surface area (Å²) in [5.74, 6) is -5.44. The molecule has 1 aliphatic heterocycles. The van der Waals surface area contributed by atoms with Crippen LogP contribution < -0.4 is 0 Å². The quantitative estimate of drug-likeness (QED) is 0.0200. The van der Waals surface area contributed by atoms with Gasteiger partial charge in [0.2, 0.25) is 0 Å². The average molecular weight is 1040 g/mol. The number of hydrogen-bond donors (Lipinski definition) is 8. The van der Waals surface area contributed by atoms with Crippen molar-refractivity contribution >= 4 is 33.4 Å². The zero-order chi connectivity index (χ0) is 52.5. The van der Waals surface area contributed by atoms with E-state index in [9.17, 15) is 63.7 Å². The number of phosphoric acid groups is 2. The molecule has 0 aromatic carbocycles. The predicted molar refractivity (Wildman–Crippen MR) is 268 cm³/mol. The second-order valence-corrected chi connectivity index (χ2v) is 20.1. The van der Waals surface area contributed by atoms with Crippen LogP contribution in [0.5, 0.6) is 0 Å². The van der Waals surface area contributed by atoms with Crippen molar-refractivity contribution in [1.29, 1.82) is 0 Å². The second kappa shape index (κ2) is 36.5. The van der Waals surface area contributed by atoms with Crippen molar-refractivity contribution < 1.29 is 86.8 Å². The molecule has 402 valence electrons. The molecule has 0 saturated carbocycles. The highest BCUT2D eigenvalue weighted by molar-refractivity contribution is 7.47. The maximum absolute atomic E-state index is 13.8. The number of hydrogen-bond acceptors (Lipinski definition) is 15. The van der Waals surface area contributed by atoms with E-state index >= 15 is 0 Å². The monoisotopic (exact) mass is 1040 g/mol. The number of aliphatic hydroxyl groups excluding tert-OH is 5. The Kier molecular flexibility index (Phi) is 32.7. The molecule has 18 nitrogen and oxygen atoms in total. The average Bonchev–Trinajstić information content (AvgIpc) is 3.32. The number of ketones is 1. The number of allylic oxidation sites excluding steroid dienone is 13.